The van der Waals surface area contributed by atoms with Gasteiger partial charge in [-0.25, -0.2) is 10.9 Å². The first-order valence-corrected chi connectivity index (χ1v) is 9.21. The van der Waals surface area contributed by atoms with Gasteiger partial charge in [0.15, 0.2) is 0 Å². The summed E-state index contributed by atoms with van der Waals surface area (Å²) in [6.07, 6.45) is 0. The standard InChI is InChI=1S/C19H22O2S/c1-12(2)22(13(3)4)17-11-7-9-15-18(20)14-8-5-6-10-16(14)21-19(15)17/h5-13,22H,1-4H3. The molecule has 0 fully saturated rings. The molecule has 22 heavy (non-hydrogen) atoms. The Morgan fingerprint density at radius 1 is 0.864 bits per heavy atom. The van der Waals surface area contributed by atoms with Crippen molar-refractivity contribution in [1.29, 1.82) is 0 Å². The number of rotatable bonds is 3. The van der Waals surface area contributed by atoms with Crippen molar-refractivity contribution in [3.05, 3.63) is 52.7 Å². The van der Waals surface area contributed by atoms with Crippen molar-refractivity contribution in [2.75, 3.05) is 0 Å². The second-order valence-electron chi connectivity index (χ2n) is 6.18. The Bertz CT molecular complexity index is 869. The fraction of sp³-hybridized carbons (Fsp3) is 0.316. The minimum atomic E-state index is -0.374. The first-order chi connectivity index (χ1) is 10.5. The molecule has 0 bridgehead atoms. The van der Waals surface area contributed by atoms with Crippen LogP contribution in [0.15, 0.2) is 56.6 Å². The van der Waals surface area contributed by atoms with Gasteiger partial charge in [-0.05, 0) is 34.8 Å². The molecule has 0 aliphatic carbocycles. The van der Waals surface area contributed by atoms with E-state index in [0.29, 0.717) is 26.9 Å². The van der Waals surface area contributed by atoms with E-state index in [1.54, 1.807) is 0 Å². The number of fused-ring (bicyclic) bond motifs is 2. The highest BCUT2D eigenvalue weighted by molar-refractivity contribution is 8.18. The van der Waals surface area contributed by atoms with Crippen LogP contribution in [0.4, 0.5) is 0 Å². The average Bonchev–Trinajstić information content (AvgIpc) is 2.48. The van der Waals surface area contributed by atoms with Crippen molar-refractivity contribution >= 4 is 32.8 Å². The topological polar surface area (TPSA) is 30.2 Å². The predicted octanol–water partition coefficient (Wildman–Crippen LogP) is 5.12. The zero-order chi connectivity index (χ0) is 15.9. The maximum atomic E-state index is 12.7. The molecule has 116 valence electrons. The second kappa shape index (κ2) is 5.81. The Morgan fingerprint density at radius 2 is 1.50 bits per heavy atom. The van der Waals surface area contributed by atoms with Crippen LogP contribution in [0.3, 0.4) is 0 Å². The normalized spacial score (nSPS) is 12.5. The summed E-state index contributed by atoms with van der Waals surface area (Å²) in [5.41, 5.74) is 1.52. The third kappa shape index (κ3) is 2.44. The molecule has 2 nitrogen and oxygen atoms in total. The van der Waals surface area contributed by atoms with Crippen LogP contribution in [0.2, 0.25) is 0 Å². The summed E-state index contributed by atoms with van der Waals surface area (Å²) in [7, 11) is -0.374. The van der Waals surface area contributed by atoms with Crippen LogP contribution in [0.5, 0.6) is 0 Å². The van der Waals surface area contributed by atoms with Crippen LogP contribution < -0.4 is 5.43 Å². The first-order valence-electron chi connectivity index (χ1n) is 7.73. The molecule has 0 saturated heterocycles. The lowest BCUT2D eigenvalue weighted by molar-refractivity contribution is 0.650. The maximum Gasteiger partial charge on any atom is 0.200 e. The summed E-state index contributed by atoms with van der Waals surface area (Å²) in [5, 5.41) is 2.46. The van der Waals surface area contributed by atoms with Crippen molar-refractivity contribution in [1.82, 2.24) is 0 Å². The fourth-order valence-electron chi connectivity index (χ4n) is 3.17. The summed E-state index contributed by atoms with van der Waals surface area (Å²) in [6.45, 7) is 9.01. The summed E-state index contributed by atoms with van der Waals surface area (Å²) < 4.78 is 6.16. The Balaban J connectivity index is 2.40. The molecule has 0 aliphatic rings. The highest BCUT2D eigenvalue weighted by Crippen LogP contribution is 2.47. The fourth-order valence-corrected chi connectivity index (χ4v) is 6.13. The van der Waals surface area contributed by atoms with Crippen LogP contribution in [-0.4, -0.2) is 10.5 Å². The Morgan fingerprint density at radius 3 is 2.18 bits per heavy atom. The van der Waals surface area contributed by atoms with Gasteiger partial charge in [0.2, 0.25) is 5.43 Å². The smallest absolute Gasteiger partial charge is 0.200 e. The monoisotopic (exact) mass is 314 g/mol. The molecule has 0 atom stereocenters. The summed E-state index contributed by atoms with van der Waals surface area (Å²) in [4.78, 5) is 14.0. The van der Waals surface area contributed by atoms with Gasteiger partial charge in [-0.15, -0.1) is 0 Å². The molecular weight excluding hydrogens is 292 g/mol. The molecular formula is C19H22O2S. The third-order valence-electron chi connectivity index (χ3n) is 3.97. The number of benzene rings is 2. The second-order valence-corrected chi connectivity index (χ2v) is 9.54. The van der Waals surface area contributed by atoms with Crippen LogP contribution in [0, 0.1) is 0 Å². The molecule has 0 spiro atoms. The third-order valence-corrected chi connectivity index (χ3v) is 7.11. The van der Waals surface area contributed by atoms with Crippen LogP contribution >= 0.6 is 10.9 Å². The quantitative estimate of drug-likeness (QED) is 0.537. The highest BCUT2D eigenvalue weighted by atomic mass is 32.2. The summed E-state index contributed by atoms with van der Waals surface area (Å²) in [5.74, 6) is 0. The zero-order valence-electron chi connectivity index (χ0n) is 13.5. The zero-order valence-corrected chi connectivity index (χ0v) is 14.4. The molecule has 0 amide bonds. The van der Waals surface area contributed by atoms with Crippen molar-refractivity contribution in [2.45, 2.75) is 43.1 Å². The lowest BCUT2D eigenvalue weighted by Crippen LogP contribution is -2.10. The van der Waals surface area contributed by atoms with Crippen LogP contribution in [0.25, 0.3) is 21.9 Å². The van der Waals surface area contributed by atoms with E-state index in [9.17, 15) is 4.79 Å². The van der Waals surface area contributed by atoms with E-state index >= 15 is 0 Å². The van der Waals surface area contributed by atoms with Crippen molar-refractivity contribution in [3.63, 3.8) is 0 Å². The van der Waals surface area contributed by atoms with Gasteiger partial charge < -0.3 is 4.42 Å². The number of para-hydroxylation sites is 2. The Kier molecular flexibility index (Phi) is 4.00. The van der Waals surface area contributed by atoms with Gasteiger partial charge in [-0.1, -0.05) is 45.9 Å². The van der Waals surface area contributed by atoms with Crippen LogP contribution in [-0.2, 0) is 0 Å². The van der Waals surface area contributed by atoms with Gasteiger partial charge in [0.05, 0.1) is 10.8 Å². The van der Waals surface area contributed by atoms with E-state index in [4.69, 9.17) is 4.42 Å². The van der Waals surface area contributed by atoms with Gasteiger partial charge >= 0.3 is 0 Å². The van der Waals surface area contributed by atoms with E-state index in [1.165, 1.54) is 4.90 Å². The SMILES string of the molecule is CC(C)[SH](c1cccc2c(=O)c3ccccc3oc12)C(C)C. The molecule has 0 N–H and O–H groups in total. The minimum Gasteiger partial charge on any atom is -0.455 e. The molecule has 0 saturated carbocycles. The van der Waals surface area contributed by atoms with Gasteiger partial charge in [-0.3, -0.25) is 4.79 Å². The molecule has 2 aromatic carbocycles. The van der Waals surface area contributed by atoms with E-state index < -0.39 is 0 Å². The van der Waals surface area contributed by atoms with E-state index in [2.05, 4.69) is 33.8 Å². The minimum absolute atomic E-state index is 0.0705. The van der Waals surface area contributed by atoms with Crippen LogP contribution in [0.1, 0.15) is 27.7 Å². The Hall–Kier alpha value is -1.74. The lowest BCUT2D eigenvalue weighted by Gasteiger charge is -2.30. The first kappa shape index (κ1) is 15.2. The molecule has 1 heterocycles. The molecule has 0 aliphatic heterocycles. The highest BCUT2D eigenvalue weighted by Gasteiger charge is 2.20. The number of hydrogen-bond acceptors (Lipinski definition) is 2. The van der Waals surface area contributed by atoms with Crippen molar-refractivity contribution in [3.8, 4) is 0 Å². The molecule has 3 rings (SSSR count). The van der Waals surface area contributed by atoms with Crippen molar-refractivity contribution < 1.29 is 4.42 Å². The lowest BCUT2D eigenvalue weighted by atomic mass is 10.1. The van der Waals surface area contributed by atoms with E-state index in [1.807, 2.05) is 36.4 Å². The van der Waals surface area contributed by atoms with Gasteiger partial charge in [0.25, 0.3) is 0 Å². The van der Waals surface area contributed by atoms with Gasteiger partial charge in [0, 0.05) is 4.90 Å². The largest absolute Gasteiger partial charge is 0.455 e. The number of hydrogen-bond donors (Lipinski definition) is 1. The molecule has 3 aromatic rings. The maximum absolute atomic E-state index is 12.7. The molecule has 3 heteroatoms. The molecule has 0 unspecified atom stereocenters. The average molecular weight is 314 g/mol. The predicted molar refractivity (Wildman–Crippen MR) is 97.5 cm³/mol. The van der Waals surface area contributed by atoms with E-state index in [-0.39, 0.29) is 16.3 Å². The summed E-state index contributed by atoms with van der Waals surface area (Å²) >= 11 is 0. The van der Waals surface area contributed by atoms with Gasteiger partial charge in [0.1, 0.15) is 11.2 Å². The summed E-state index contributed by atoms with van der Waals surface area (Å²) in [6, 6.07) is 13.5. The number of thiol groups is 1. The Labute approximate surface area is 133 Å². The van der Waals surface area contributed by atoms with Gasteiger partial charge in [-0.2, -0.15) is 0 Å². The molecule has 1 aromatic heterocycles. The van der Waals surface area contributed by atoms with Crippen molar-refractivity contribution in [2.24, 2.45) is 0 Å². The molecule has 0 radical (unpaired) electrons. The van der Waals surface area contributed by atoms with E-state index in [0.717, 1.165) is 5.58 Å².